The first-order chi connectivity index (χ1) is 7.20. The Morgan fingerprint density at radius 2 is 2.00 bits per heavy atom. The van der Waals surface area contributed by atoms with E-state index in [0.717, 1.165) is 12.8 Å². The molecule has 0 aromatic heterocycles. The number of fused-ring (bicyclic) bond motifs is 2. The Morgan fingerprint density at radius 3 is 2.53 bits per heavy atom. The van der Waals surface area contributed by atoms with Crippen molar-refractivity contribution in [3.05, 3.63) is 0 Å². The first kappa shape index (κ1) is 10.9. The number of esters is 1. The average molecular weight is 213 g/mol. The van der Waals surface area contributed by atoms with Crippen LogP contribution in [0, 0.1) is 0 Å². The zero-order valence-electron chi connectivity index (χ0n) is 9.19. The number of carbonyl (C=O) groups excluding carboxylic acids is 1. The molecular formula is C11H19NO3. The minimum absolute atomic E-state index is 0.0812. The molecule has 0 aromatic carbocycles. The van der Waals surface area contributed by atoms with Gasteiger partial charge >= 0.3 is 5.97 Å². The summed E-state index contributed by atoms with van der Waals surface area (Å²) >= 11 is 0. The molecular weight excluding hydrogens is 194 g/mol. The van der Waals surface area contributed by atoms with E-state index in [9.17, 15) is 4.79 Å². The Balaban J connectivity index is 1.84. The second-order valence-electron chi connectivity index (χ2n) is 4.61. The quantitative estimate of drug-likeness (QED) is 0.695. The van der Waals surface area contributed by atoms with Crippen LogP contribution in [0.3, 0.4) is 0 Å². The largest absolute Gasteiger partial charge is 0.462 e. The molecule has 2 unspecified atom stereocenters. The maximum atomic E-state index is 11.2. The summed E-state index contributed by atoms with van der Waals surface area (Å²) in [5.41, 5.74) is 0. The van der Waals surface area contributed by atoms with Crippen LogP contribution in [-0.2, 0) is 9.53 Å². The van der Waals surface area contributed by atoms with E-state index in [2.05, 4.69) is 11.9 Å². The summed E-state index contributed by atoms with van der Waals surface area (Å²) in [7, 11) is 2.16. The first-order valence-electron chi connectivity index (χ1n) is 5.73. The molecule has 0 radical (unpaired) electrons. The summed E-state index contributed by atoms with van der Waals surface area (Å²) in [6.07, 6.45) is 4.60. The molecule has 2 atom stereocenters. The number of aliphatic hydroxyl groups excluding tert-OH is 1. The van der Waals surface area contributed by atoms with Crippen molar-refractivity contribution < 1.29 is 14.6 Å². The van der Waals surface area contributed by atoms with Crippen LogP contribution >= 0.6 is 0 Å². The van der Waals surface area contributed by atoms with Gasteiger partial charge in [-0.15, -0.1) is 0 Å². The van der Waals surface area contributed by atoms with Crippen molar-refractivity contribution in [2.75, 3.05) is 13.7 Å². The van der Waals surface area contributed by atoms with Crippen LogP contribution < -0.4 is 0 Å². The Morgan fingerprint density at radius 1 is 1.40 bits per heavy atom. The zero-order valence-corrected chi connectivity index (χ0v) is 9.19. The molecule has 0 saturated carbocycles. The van der Waals surface area contributed by atoms with Crippen LogP contribution in [0.5, 0.6) is 0 Å². The first-order valence-corrected chi connectivity index (χ1v) is 5.73. The molecule has 4 heteroatoms. The summed E-state index contributed by atoms with van der Waals surface area (Å²) < 4.78 is 5.34. The van der Waals surface area contributed by atoms with Gasteiger partial charge < -0.3 is 14.7 Å². The Hall–Kier alpha value is -0.610. The fourth-order valence-corrected chi connectivity index (χ4v) is 2.79. The van der Waals surface area contributed by atoms with E-state index in [-0.39, 0.29) is 25.1 Å². The monoisotopic (exact) mass is 213 g/mol. The number of aliphatic hydroxyl groups is 1. The van der Waals surface area contributed by atoms with E-state index in [1.807, 2.05) is 0 Å². The van der Waals surface area contributed by atoms with Crippen molar-refractivity contribution >= 4 is 5.97 Å². The van der Waals surface area contributed by atoms with E-state index in [1.54, 1.807) is 0 Å². The number of nitrogens with zero attached hydrogens (tertiary/aromatic N) is 1. The van der Waals surface area contributed by atoms with Gasteiger partial charge in [-0.1, -0.05) is 0 Å². The number of carbonyl (C=O) groups is 1. The van der Waals surface area contributed by atoms with Gasteiger partial charge in [0.25, 0.3) is 0 Å². The van der Waals surface area contributed by atoms with Gasteiger partial charge in [-0.05, 0) is 32.7 Å². The van der Waals surface area contributed by atoms with Crippen molar-refractivity contribution in [3.63, 3.8) is 0 Å². The van der Waals surface area contributed by atoms with Crippen molar-refractivity contribution in [1.82, 2.24) is 4.90 Å². The molecule has 2 aliphatic rings. The Bertz CT molecular complexity index is 230. The van der Waals surface area contributed by atoms with E-state index in [1.165, 1.54) is 12.8 Å². The van der Waals surface area contributed by atoms with Gasteiger partial charge in [-0.3, -0.25) is 4.79 Å². The van der Waals surface area contributed by atoms with Crippen molar-refractivity contribution in [2.45, 2.75) is 50.3 Å². The second kappa shape index (κ2) is 4.49. The lowest BCUT2D eigenvalue weighted by Gasteiger charge is -2.35. The van der Waals surface area contributed by atoms with Gasteiger partial charge in [0.15, 0.2) is 0 Å². The summed E-state index contributed by atoms with van der Waals surface area (Å²) in [6.45, 7) is -0.113. The van der Waals surface area contributed by atoms with E-state index < -0.39 is 0 Å². The maximum Gasteiger partial charge on any atom is 0.308 e. The third kappa shape index (κ3) is 2.32. The fraction of sp³-hybridized carbons (Fsp3) is 0.909. The molecule has 0 spiro atoms. The van der Waals surface area contributed by atoms with Crippen LogP contribution in [0.15, 0.2) is 0 Å². The Labute approximate surface area is 90.2 Å². The van der Waals surface area contributed by atoms with Gasteiger partial charge in [-0.25, -0.2) is 0 Å². The standard InChI is InChI=1S/C11H19NO3/c1-12-8-2-3-9(12)7-10(6-8)15-11(14)4-5-13/h8-10,13H,2-7H2,1H3. The minimum atomic E-state index is -0.258. The van der Waals surface area contributed by atoms with Gasteiger partial charge in [-0.2, -0.15) is 0 Å². The molecule has 2 aliphatic heterocycles. The number of piperidine rings is 1. The van der Waals surface area contributed by atoms with Gasteiger partial charge in [0.1, 0.15) is 6.10 Å². The summed E-state index contributed by atoms with van der Waals surface area (Å²) in [5, 5.41) is 8.62. The highest BCUT2D eigenvalue weighted by Gasteiger charge is 2.39. The average Bonchev–Trinajstić information content (AvgIpc) is 2.43. The lowest BCUT2D eigenvalue weighted by atomic mass is 10.0. The lowest BCUT2D eigenvalue weighted by Crippen LogP contribution is -2.43. The third-order valence-corrected chi connectivity index (χ3v) is 3.67. The number of hydrogen-bond acceptors (Lipinski definition) is 4. The third-order valence-electron chi connectivity index (χ3n) is 3.67. The molecule has 0 aliphatic carbocycles. The normalized spacial score (nSPS) is 35.5. The molecule has 15 heavy (non-hydrogen) atoms. The molecule has 0 amide bonds. The van der Waals surface area contributed by atoms with Crippen LogP contribution in [0.25, 0.3) is 0 Å². The van der Waals surface area contributed by atoms with Gasteiger partial charge in [0.05, 0.1) is 13.0 Å². The van der Waals surface area contributed by atoms with Crippen molar-refractivity contribution in [1.29, 1.82) is 0 Å². The highest BCUT2D eigenvalue weighted by atomic mass is 16.5. The smallest absolute Gasteiger partial charge is 0.308 e. The molecule has 86 valence electrons. The molecule has 2 heterocycles. The predicted molar refractivity (Wildman–Crippen MR) is 55.4 cm³/mol. The number of ether oxygens (including phenoxy) is 1. The zero-order chi connectivity index (χ0) is 10.8. The molecule has 2 saturated heterocycles. The van der Waals surface area contributed by atoms with E-state index in [0.29, 0.717) is 12.1 Å². The number of rotatable bonds is 3. The molecule has 4 nitrogen and oxygen atoms in total. The molecule has 0 aromatic rings. The second-order valence-corrected chi connectivity index (χ2v) is 4.61. The van der Waals surface area contributed by atoms with Crippen LogP contribution in [0.4, 0.5) is 0 Å². The van der Waals surface area contributed by atoms with Gasteiger partial charge in [0.2, 0.25) is 0 Å². The maximum absolute atomic E-state index is 11.2. The van der Waals surface area contributed by atoms with Gasteiger partial charge in [0, 0.05) is 12.1 Å². The number of hydrogen-bond donors (Lipinski definition) is 1. The molecule has 2 rings (SSSR count). The summed E-state index contributed by atoms with van der Waals surface area (Å²) in [6, 6.07) is 1.19. The van der Waals surface area contributed by atoms with Crippen molar-refractivity contribution in [3.8, 4) is 0 Å². The molecule has 1 N–H and O–H groups in total. The van der Waals surface area contributed by atoms with Crippen LogP contribution in [0.2, 0.25) is 0 Å². The van der Waals surface area contributed by atoms with E-state index >= 15 is 0 Å². The summed E-state index contributed by atoms with van der Waals surface area (Å²) in [5.74, 6) is -0.258. The summed E-state index contributed by atoms with van der Waals surface area (Å²) in [4.78, 5) is 13.6. The van der Waals surface area contributed by atoms with E-state index in [4.69, 9.17) is 9.84 Å². The fourth-order valence-electron chi connectivity index (χ4n) is 2.79. The molecule has 2 bridgehead atoms. The highest BCUT2D eigenvalue weighted by molar-refractivity contribution is 5.69. The topological polar surface area (TPSA) is 49.8 Å². The van der Waals surface area contributed by atoms with Crippen LogP contribution in [-0.4, -0.2) is 47.8 Å². The Kier molecular flexibility index (Phi) is 3.26. The molecule has 2 fully saturated rings. The predicted octanol–water partition coefficient (Wildman–Crippen LogP) is 0.537. The van der Waals surface area contributed by atoms with Crippen molar-refractivity contribution in [2.24, 2.45) is 0 Å². The SMILES string of the molecule is CN1C2CCC1CC(OC(=O)CCO)C2. The lowest BCUT2D eigenvalue weighted by molar-refractivity contribution is -0.153. The minimum Gasteiger partial charge on any atom is -0.462 e. The highest BCUT2D eigenvalue weighted by Crippen LogP contribution is 2.35. The van der Waals surface area contributed by atoms with Crippen LogP contribution in [0.1, 0.15) is 32.1 Å².